The van der Waals surface area contributed by atoms with Gasteiger partial charge in [-0.15, -0.1) is 24.0 Å². The molecule has 0 saturated heterocycles. The van der Waals surface area contributed by atoms with E-state index in [0.29, 0.717) is 26.3 Å². The molecule has 1 heterocycles. The zero-order chi connectivity index (χ0) is 18.8. The van der Waals surface area contributed by atoms with Crippen LogP contribution in [0.4, 0.5) is 0 Å². The van der Waals surface area contributed by atoms with E-state index >= 15 is 0 Å². The van der Waals surface area contributed by atoms with Crippen molar-refractivity contribution in [2.24, 2.45) is 12.0 Å². The number of nitrogens with zero attached hydrogens (tertiary/aromatic N) is 3. The minimum absolute atomic E-state index is 0. The van der Waals surface area contributed by atoms with E-state index in [2.05, 4.69) is 45.8 Å². The van der Waals surface area contributed by atoms with E-state index in [-0.39, 0.29) is 24.0 Å². The molecular formula is C19H30IN5O2. The second-order valence-corrected chi connectivity index (χ2v) is 6.03. The Morgan fingerprint density at radius 3 is 2.63 bits per heavy atom. The van der Waals surface area contributed by atoms with Gasteiger partial charge in [0.1, 0.15) is 5.75 Å². The van der Waals surface area contributed by atoms with Crippen LogP contribution in [-0.4, -0.2) is 43.1 Å². The zero-order valence-corrected chi connectivity index (χ0v) is 18.8. The Morgan fingerprint density at radius 1 is 1.19 bits per heavy atom. The molecule has 0 amide bonds. The van der Waals surface area contributed by atoms with Crippen molar-refractivity contribution in [3.63, 3.8) is 0 Å². The normalized spacial score (nSPS) is 11.0. The van der Waals surface area contributed by atoms with Crippen molar-refractivity contribution in [1.29, 1.82) is 0 Å². The second-order valence-electron chi connectivity index (χ2n) is 6.03. The number of hydrogen-bond acceptors (Lipinski definition) is 4. The van der Waals surface area contributed by atoms with Gasteiger partial charge in [0.25, 0.3) is 0 Å². The Labute approximate surface area is 178 Å². The molecule has 0 spiro atoms. The highest BCUT2D eigenvalue weighted by Crippen LogP contribution is 2.20. The molecule has 0 unspecified atom stereocenters. The Morgan fingerprint density at radius 2 is 1.96 bits per heavy atom. The summed E-state index contributed by atoms with van der Waals surface area (Å²) in [5.74, 6) is 1.63. The minimum Gasteiger partial charge on any atom is -0.493 e. The van der Waals surface area contributed by atoms with Gasteiger partial charge in [0, 0.05) is 52.5 Å². The quantitative estimate of drug-likeness (QED) is 0.246. The lowest BCUT2D eigenvalue weighted by Gasteiger charge is -2.15. The predicted molar refractivity (Wildman–Crippen MR) is 119 cm³/mol. The van der Waals surface area contributed by atoms with Gasteiger partial charge in [-0.2, -0.15) is 5.10 Å². The van der Waals surface area contributed by atoms with Crippen LogP contribution in [0.2, 0.25) is 0 Å². The number of rotatable bonds is 9. The first kappa shape index (κ1) is 23.2. The van der Waals surface area contributed by atoms with Gasteiger partial charge in [-0.25, -0.2) is 0 Å². The number of nitrogens with one attached hydrogen (secondary N) is 2. The van der Waals surface area contributed by atoms with Crippen molar-refractivity contribution < 1.29 is 9.47 Å². The smallest absolute Gasteiger partial charge is 0.191 e. The molecule has 150 valence electrons. The molecule has 7 nitrogen and oxygen atoms in total. The van der Waals surface area contributed by atoms with Crippen LogP contribution in [0.5, 0.6) is 5.75 Å². The molecular weight excluding hydrogens is 457 g/mol. The first-order valence-corrected chi connectivity index (χ1v) is 8.76. The van der Waals surface area contributed by atoms with E-state index in [0.717, 1.165) is 29.4 Å². The van der Waals surface area contributed by atoms with Gasteiger partial charge < -0.3 is 20.1 Å². The van der Waals surface area contributed by atoms with Crippen molar-refractivity contribution >= 4 is 29.9 Å². The third-order valence-corrected chi connectivity index (χ3v) is 4.00. The molecule has 0 aliphatic carbocycles. The lowest BCUT2D eigenvalue weighted by Crippen LogP contribution is -2.36. The van der Waals surface area contributed by atoms with Crippen LogP contribution < -0.4 is 15.4 Å². The lowest BCUT2D eigenvalue weighted by molar-refractivity contribution is 0.171. The monoisotopic (exact) mass is 487 g/mol. The van der Waals surface area contributed by atoms with Gasteiger partial charge in [-0.05, 0) is 24.6 Å². The van der Waals surface area contributed by atoms with Crippen LogP contribution in [-0.2, 0) is 24.9 Å². The number of benzene rings is 1. The number of ether oxygens (including phenoxy) is 2. The average Bonchev–Trinajstić information content (AvgIpc) is 3.05. The van der Waals surface area contributed by atoms with Crippen molar-refractivity contribution in [2.75, 3.05) is 27.4 Å². The van der Waals surface area contributed by atoms with E-state index < -0.39 is 0 Å². The highest BCUT2D eigenvalue weighted by atomic mass is 127. The van der Waals surface area contributed by atoms with E-state index in [9.17, 15) is 0 Å². The van der Waals surface area contributed by atoms with Crippen LogP contribution >= 0.6 is 24.0 Å². The van der Waals surface area contributed by atoms with Crippen LogP contribution in [0, 0.1) is 6.92 Å². The Balaban J connectivity index is 0.00000364. The zero-order valence-electron chi connectivity index (χ0n) is 16.5. The van der Waals surface area contributed by atoms with Crippen molar-refractivity contribution in [3.8, 4) is 5.75 Å². The average molecular weight is 487 g/mol. The first-order valence-electron chi connectivity index (χ1n) is 8.76. The van der Waals surface area contributed by atoms with Crippen LogP contribution in [0.25, 0.3) is 0 Å². The second kappa shape index (κ2) is 12.6. The molecule has 8 heteroatoms. The number of aromatic nitrogens is 2. The van der Waals surface area contributed by atoms with Crippen LogP contribution in [0.1, 0.15) is 23.2 Å². The summed E-state index contributed by atoms with van der Waals surface area (Å²) in [6.45, 7) is 4.69. The molecule has 1 aromatic carbocycles. The lowest BCUT2D eigenvalue weighted by atomic mass is 10.1. The predicted octanol–water partition coefficient (Wildman–Crippen LogP) is 2.63. The SMILES string of the molecule is CN=C(NCc1ccc(C)cc1OCCCOC)NCc1ccnn1C.I. The molecule has 0 saturated carbocycles. The van der Waals surface area contributed by atoms with Gasteiger partial charge in [0.05, 0.1) is 18.8 Å². The van der Waals surface area contributed by atoms with Gasteiger partial charge in [-0.1, -0.05) is 12.1 Å². The van der Waals surface area contributed by atoms with Gasteiger partial charge in [0.2, 0.25) is 0 Å². The number of halogens is 1. The highest BCUT2D eigenvalue weighted by Gasteiger charge is 2.07. The third kappa shape index (κ3) is 7.76. The molecule has 0 atom stereocenters. The summed E-state index contributed by atoms with van der Waals surface area (Å²) in [4.78, 5) is 4.27. The molecule has 1 aromatic heterocycles. The molecule has 2 aromatic rings. The van der Waals surface area contributed by atoms with Crippen LogP contribution in [0.3, 0.4) is 0 Å². The Hall–Kier alpha value is -1.81. The Bertz CT molecular complexity index is 718. The first-order chi connectivity index (χ1) is 12.6. The molecule has 0 fully saturated rings. The number of guanidine groups is 1. The molecule has 0 bridgehead atoms. The molecule has 2 N–H and O–H groups in total. The standard InChI is InChI=1S/C19H29N5O2.HI/c1-15-6-7-16(18(12-15)26-11-5-10-25-4)13-21-19(20-2)22-14-17-8-9-23-24(17)3;/h6-9,12H,5,10-11,13-14H2,1-4H3,(H2,20,21,22);1H. The number of methoxy groups -OCH3 is 1. The van der Waals surface area contributed by atoms with Crippen molar-refractivity contribution in [2.45, 2.75) is 26.4 Å². The maximum Gasteiger partial charge on any atom is 0.191 e. The molecule has 27 heavy (non-hydrogen) atoms. The summed E-state index contributed by atoms with van der Waals surface area (Å²) < 4.78 is 12.8. The fourth-order valence-corrected chi connectivity index (χ4v) is 2.48. The number of hydrogen-bond donors (Lipinski definition) is 2. The van der Waals surface area contributed by atoms with Gasteiger partial charge in [0.15, 0.2) is 5.96 Å². The molecule has 0 radical (unpaired) electrons. The van der Waals surface area contributed by atoms with Crippen LogP contribution in [0.15, 0.2) is 35.5 Å². The third-order valence-electron chi connectivity index (χ3n) is 4.00. The summed E-state index contributed by atoms with van der Waals surface area (Å²) in [6.07, 6.45) is 2.65. The topological polar surface area (TPSA) is 72.7 Å². The summed E-state index contributed by atoms with van der Waals surface area (Å²) in [6, 6.07) is 8.22. The summed E-state index contributed by atoms with van der Waals surface area (Å²) >= 11 is 0. The van der Waals surface area contributed by atoms with Crippen molar-refractivity contribution in [3.05, 3.63) is 47.3 Å². The fraction of sp³-hybridized carbons (Fsp3) is 0.474. The summed E-state index contributed by atoms with van der Waals surface area (Å²) in [5.41, 5.74) is 3.36. The van der Waals surface area contributed by atoms with E-state index in [1.54, 1.807) is 20.4 Å². The highest BCUT2D eigenvalue weighted by molar-refractivity contribution is 14.0. The van der Waals surface area contributed by atoms with E-state index in [1.165, 1.54) is 5.56 Å². The van der Waals surface area contributed by atoms with E-state index in [4.69, 9.17) is 9.47 Å². The minimum atomic E-state index is 0. The van der Waals surface area contributed by atoms with E-state index in [1.807, 2.05) is 17.8 Å². The number of aryl methyl sites for hydroxylation is 2. The van der Waals surface area contributed by atoms with Gasteiger partial charge >= 0.3 is 0 Å². The molecule has 0 aliphatic rings. The fourth-order valence-electron chi connectivity index (χ4n) is 2.48. The summed E-state index contributed by atoms with van der Waals surface area (Å²) in [7, 11) is 5.38. The maximum absolute atomic E-state index is 5.93. The van der Waals surface area contributed by atoms with Crippen molar-refractivity contribution in [1.82, 2.24) is 20.4 Å². The molecule has 2 rings (SSSR count). The molecule has 0 aliphatic heterocycles. The number of aliphatic imine (C=N–C) groups is 1. The maximum atomic E-state index is 5.93. The summed E-state index contributed by atoms with van der Waals surface area (Å²) in [5, 5.41) is 10.8. The van der Waals surface area contributed by atoms with Gasteiger partial charge in [-0.3, -0.25) is 9.67 Å². The largest absolute Gasteiger partial charge is 0.493 e. The Kier molecular flexibility index (Phi) is 10.8.